The van der Waals surface area contributed by atoms with Crippen molar-refractivity contribution in [2.45, 2.75) is 30.8 Å². The van der Waals surface area contributed by atoms with Gasteiger partial charge in [0, 0.05) is 36.3 Å². The number of hydrogen-bond acceptors (Lipinski definition) is 5. The Balaban J connectivity index is 1.49. The lowest BCUT2D eigenvalue weighted by molar-refractivity contribution is 0.0352. The van der Waals surface area contributed by atoms with Crippen molar-refractivity contribution in [2.24, 2.45) is 5.92 Å². The van der Waals surface area contributed by atoms with Gasteiger partial charge in [0.15, 0.2) is 0 Å². The fraction of sp³-hybridized carbons (Fsp3) is 0.455. The predicted octanol–water partition coefficient (Wildman–Crippen LogP) is 3.03. The molecule has 0 amide bonds. The maximum Gasteiger partial charge on any atom is 0.142 e. The van der Waals surface area contributed by atoms with E-state index in [1.165, 1.54) is 31.5 Å². The van der Waals surface area contributed by atoms with Gasteiger partial charge in [-0.1, -0.05) is 18.2 Å². The van der Waals surface area contributed by atoms with Crippen molar-refractivity contribution in [3.63, 3.8) is 0 Å². The molecule has 0 spiro atoms. The molecule has 4 saturated heterocycles. The highest BCUT2D eigenvalue weighted by Crippen LogP contribution is 2.49. The van der Waals surface area contributed by atoms with Gasteiger partial charge in [0.1, 0.15) is 23.5 Å². The van der Waals surface area contributed by atoms with E-state index >= 15 is 0 Å². The zero-order valence-corrected chi connectivity index (χ0v) is 16.1. The monoisotopic (exact) mass is 375 g/mol. The number of methoxy groups -OCH3 is 1. The minimum absolute atomic E-state index is 0.424. The molecular formula is C22H25N5O. The number of ether oxygens (including phenoxy) is 1. The molecule has 3 aromatic rings. The molecule has 6 heterocycles. The van der Waals surface area contributed by atoms with Gasteiger partial charge in [-0.2, -0.15) is 0 Å². The van der Waals surface area contributed by atoms with Crippen LogP contribution in [0.25, 0.3) is 11.0 Å². The maximum absolute atomic E-state index is 5.75. The topological polar surface area (TPSA) is 57.3 Å². The Bertz CT molecular complexity index is 1010. The number of para-hydroxylation sites is 1. The zero-order chi connectivity index (χ0) is 18.7. The molecule has 2 aromatic heterocycles. The summed E-state index contributed by atoms with van der Waals surface area (Å²) in [7, 11) is 1.78. The van der Waals surface area contributed by atoms with Crippen LogP contribution in [-0.2, 0) is 0 Å². The van der Waals surface area contributed by atoms with Crippen LogP contribution >= 0.6 is 0 Å². The first-order chi connectivity index (χ1) is 13.8. The molecule has 6 heteroatoms. The quantitative estimate of drug-likeness (QED) is 0.763. The maximum atomic E-state index is 5.75. The number of piperidine rings is 3. The second-order valence-electron chi connectivity index (χ2n) is 8.29. The largest absolute Gasteiger partial charge is 0.496 e. The van der Waals surface area contributed by atoms with Crippen molar-refractivity contribution >= 4 is 16.9 Å². The SMILES string of the molecule is COc1ccccc1C1CN(c2ncnc3[nH]ccc23)C2C3CCN(CC3)C12. The molecule has 4 fully saturated rings. The van der Waals surface area contributed by atoms with Crippen LogP contribution in [0.1, 0.15) is 24.3 Å². The van der Waals surface area contributed by atoms with Crippen LogP contribution in [0.15, 0.2) is 42.9 Å². The lowest BCUT2D eigenvalue weighted by Crippen LogP contribution is -2.60. The number of nitrogens with zero attached hydrogens (tertiary/aromatic N) is 4. The summed E-state index contributed by atoms with van der Waals surface area (Å²) in [6, 6.07) is 11.7. The van der Waals surface area contributed by atoms with E-state index in [1.807, 2.05) is 6.20 Å². The summed E-state index contributed by atoms with van der Waals surface area (Å²) in [6.07, 6.45) is 6.24. The van der Waals surface area contributed by atoms with Crippen molar-refractivity contribution in [3.8, 4) is 5.75 Å². The molecule has 144 valence electrons. The standard InChI is InChI=1S/C22H25N5O/c1-28-18-5-3-2-4-15(18)17-12-27(19-14-7-10-26(11-8-14)20(17)19)22-16-6-9-23-21(16)24-13-25-22/h2-6,9,13-14,17,19-20H,7-8,10-12H2,1H3,(H,23,24,25). The summed E-state index contributed by atoms with van der Waals surface area (Å²) in [6.45, 7) is 3.41. The molecule has 0 aliphatic carbocycles. The van der Waals surface area contributed by atoms with E-state index in [1.54, 1.807) is 13.4 Å². The van der Waals surface area contributed by atoms with Crippen LogP contribution in [0.5, 0.6) is 5.75 Å². The van der Waals surface area contributed by atoms with Gasteiger partial charge in [0.25, 0.3) is 0 Å². The van der Waals surface area contributed by atoms with Crippen LogP contribution in [0, 0.1) is 5.92 Å². The van der Waals surface area contributed by atoms with Gasteiger partial charge in [-0.05, 0) is 44.0 Å². The van der Waals surface area contributed by atoms with E-state index < -0.39 is 0 Å². The highest BCUT2D eigenvalue weighted by molar-refractivity contribution is 5.87. The highest BCUT2D eigenvalue weighted by Gasteiger charge is 2.54. The fourth-order valence-corrected chi connectivity index (χ4v) is 6.00. The van der Waals surface area contributed by atoms with Crippen LogP contribution in [0.3, 0.4) is 0 Å². The van der Waals surface area contributed by atoms with E-state index in [2.05, 4.69) is 50.1 Å². The number of aromatic amines is 1. The van der Waals surface area contributed by atoms with Crippen molar-refractivity contribution in [3.05, 3.63) is 48.4 Å². The molecule has 0 saturated carbocycles. The number of anilines is 1. The number of benzene rings is 1. The van der Waals surface area contributed by atoms with E-state index in [0.29, 0.717) is 18.0 Å². The Labute approximate surface area is 164 Å². The van der Waals surface area contributed by atoms with Gasteiger partial charge in [-0.25, -0.2) is 9.97 Å². The second-order valence-corrected chi connectivity index (χ2v) is 8.29. The summed E-state index contributed by atoms with van der Waals surface area (Å²) in [4.78, 5) is 17.7. The average molecular weight is 375 g/mol. The minimum Gasteiger partial charge on any atom is -0.496 e. The van der Waals surface area contributed by atoms with E-state index in [-0.39, 0.29) is 0 Å². The number of nitrogens with one attached hydrogen (secondary N) is 1. The second kappa shape index (κ2) is 6.21. The molecule has 7 rings (SSSR count). The average Bonchev–Trinajstić information content (AvgIpc) is 3.40. The smallest absolute Gasteiger partial charge is 0.142 e. The normalized spacial score (nSPS) is 31.3. The van der Waals surface area contributed by atoms with Crippen LogP contribution in [0.2, 0.25) is 0 Å². The first-order valence-corrected chi connectivity index (χ1v) is 10.3. The number of hydrogen-bond donors (Lipinski definition) is 1. The molecule has 4 aliphatic heterocycles. The summed E-state index contributed by atoms with van der Waals surface area (Å²) in [5.41, 5.74) is 2.25. The van der Waals surface area contributed by atoms with Gasteiger partial charge in [-0.15, -0.1) is 0 Å². The Morgan fingerprint density at radius 3 is 2.79 bits per heavy atom. The van der Waals surface area contributed by atoms with Gasteiger partial charge in [-0.3, -0.25) is 4.90 Å². The van der Waals surface area contributed by atoms with Crippen molar-refractivity contribution in [2.75, 3.05) is 31.6 Å². The first-order valence-electron chi connectivity index (χ1n) is 10.3. The molecule has 2 bridgehead atoms. The molecule has 6 nitrogen and oxygen atoms in total. The Morgan fingerprint density at radius 2 is 1.93 bits per heavy atom. The van der Waals surface area contributed by atoms with Crippen molar-refractivity contribution in [1.29, 1.82) is 0 Å². The minimum atomic E-state index is 0.424. The van der Waals surface area contributed by atoms with Crippen molar-refractivity contribution < 1.29 is 4.74 Å². The van der Waals surface area contributed by atoms with E-state index in [0.717, 1.165) is 35.1 Å². The van der Waals surface area contributed by atoms with Crippen LogP contribution in [0.4, 0.5) is 5.82 Å². The summed E-state index contributed by atoms with van der Waals surface area (Å²) in [5.74, 6) is 3.24. The summed E-state index contributed by atoms with van der Waals surface area (Å²) in [5, 5.41) is 1.12. The fourth-order valence-electron chi connectivity index (χ4n) is 6.00. The van der Waals surface area contributed by atoms with Crippen LogP contribution in [-0.4, -0.2) is 58.7 Å². The molecule has 4 aliphatic rings. The predicted molar refractivity (Wildman–Crippen MR) is 109 cm³/mol. The molecule has 1 aromatic carbocycles. The Kier molecular flexibility index (Phi) is 3.63. The molecule has 3 unspecified atom stereocenters. The van der Waals surface area contributed by atoms with Gasteiger partial charge < -0.3 is 14.6 Å². The van der Waals surface area contributed by atoms with Crippen molar-refractivity contribution in [1.82, 2.24) is 19.9 Å². The molecule has 28 heavy (non-hydrogen) atoms. The zero-order valence-electron chi connectivity index (χ0n) is 16.1. The number of H-pyrrole nitrogens is 1. The van der Waals surface area contributed by atoms with Gasteiger partial charge >= 0.3 is 0 Å². The Morgan fingerprint density at radius 1 is 1.07 bits per heavy atom. The third-order valence-corrected chi connectivity index (χ3v) is 7.14. The van der Waals surface area contributed by atoms with E-state index in [4.69, 9.17) is 9.72 Å². The Hall–Kier alpha value is -2.60. The molecule has 1 N–H and O–H groups in total. The number of rotatable bonds is 3. The van der Waals surface area contributed by atoms with E-state index in [9.17, 15) is 0 Å². The van der Waals surface area contributed by atoms with Gasteiger partial charge in [0.05, 0.1) is 12.5 Å². The highest BCUT2D eigenvalue weighted by atomic mass is 16.5. The third kappa shape index (κ3) is 2.24. The van der Waals surface area contributed by atoms with Gasteiger partial charge in [0.2, 0.25) is 0 Å². The summed E-state index contributed by atoms with van der Waals surface area (Å²) >= 11 is 0. The molecule has 3 atom stereocenters. The number of aromatic nitrogens is 3. The third-order valence-electron chi connectivity index (χ3n) is 7.14. The number of fused-ring (bicyclic) bond motifs is 3. The van der Waals surface area contributed by atoms with Crippen LogP contribution < -0.4 is 9.64 Å². The lowest BCUT2D eigenvalue weighted by atomic mass is 9.75. The molecular weight excluding hydrogens is 350 g/mol. The lowest BCUT2D eigenvalue weighted by Gasteiger charge is -2.51. The molecule has 0 radical (unpaired) electrons. The first kappa shape index (κ1) is 16.4. The summed E-state index contributed by atoms with van der Waals surface area (Å²) < 4.78 is 5.75.